The zero-order valence-corrected chi connectivity index (χ0v) is 14.6. The third-order valence-corrected chi connectivity index (χ3v) is 7.21. The van der Waals surface area contributed by atoms with Crippen molar-refractivity contribution in [3.63, 3.8) is 0 Å². The second-order valence-electron chi connectivity index (χ2n) is 7.97. The van der Waals surface area contributed by atoms with Gasteiger partial charge in [-0.2, -0.15) is 7.05 Å². The maximum absolute atomic E-state index is 13.3. The highest BCUT2D eigenvalue weighted by molar-refractivity contribution is 6.11. The Balaban J connectivity index is 2.01. The number of allylic oxidation sites excluding steroid dienone is 1. The van der Waals surface area contributed by atoms with Crippen molar-refractivity contribution in [1.82, 2.24) is 0 Å². The molecule has 0 aromatic heterocycles. The van der Waals surface area contributed by atoms with Gasteiger partial charge in [0, 0.05) is 17.0 Å². The Kier molecular flexibility index (Phi) is 3.00. The Labute approximate surface area is 144 Å². The number of amides is 1. The van der Waals surface area contributed by atoms with Crippen LogP contribution in [0.3, 0.4) is 0 Å². The Morgan fingerprint density at radius 1 is 1.46 bits per heavy atom. The highest BCUT2D eigenvalue weighted by atomic mass is 16.2. The van der Waals surface area contributed by atoms with Crippen LogP contribution >= 0.6 is 0 Å². The standard InChI is InChI=1S/C21H26N2O/c1-6-19(4)12-11-14(13(2)3)17-20(21(17,19)22-5)15-9-7-8-10-16(15)23-18(20)24/h6-10,14,17H,1-2,5,11-12,22H2,3-4H3,(H,23,24). The van der Waals surface area contributed by atoms with Crippen molar-refractivity contribution in [1.29, 1.82) is 0 Å². The fraction of sp³-hybridized carbons (Fsp3) is 0.429. The van der Waals surface area contributed by atoms with Gasteiger partial charge in [0.2, 0.25) is 5.91 Å². The summed E-state index contributed by atoms with van der Waals surface area (Å²) in [5, 5.41) is 5.19. The molecule has 5 atom stereocenters. The molecule has 4 rings (SSSR count). The summed E-state index contributed by atoms with van der Waals surface area (Å²) in [4.78, 5) is 13.3. The minimum Gasteiger partial charge on any atom is -0.472 e. The first-order chi connectivity index (χ1) is 11.4. The molecule has 3 nitrogen and oxygen atoms in total. The minimum atomic E-state index is -0.533. The average Bonchev–Trinajstić information content (AvgIpc) is 3.11. The van der Waals surface area contributed by atoms with Gasteiger partial charge in [0.15, 0.2) is 0 Å². The van der Waals surface area contributed by atoms with E-state index in [-0.39, 0.29) is 22.8 Å². The fourth-order valence-corrected chi connectivity index (χ4v) is 6.10. The van der Waals surface area contributed by atoms with E-state index in [1.165, 1.54) is 5.57 Å². The van der Waals surface area contributed by atoms with Crippen molar-refractivity contribution in [2.24, 2.45) is 17.3 Å². The Hall–Kier alpha value is -1.87. The molecule has 2 saturated carbocycles. The van der Waals surface area contributed by atoms with Crippen molar-refractivity contribution in [2.75, 3.05) is 5.32 Å². The molecule has 126 valence electrons. The smallest absolute Gasteiger partial charge is 0.242 e. The summed E-state index contributed by atoms with van der Waals surface area (Å²) in [5.41, 5.74) is 2.28. The largest absolute Gasteiger partial charge is 0.472 e. The molecular weight excluding hydrogens is 296 g/mol. The molecule has 24 heavy (non-hydrogen) atoms. The Bertz CT molecular complexity index is 769. The van der Waals surface area contributed by atoms with Gasteiger partial charge in [0.05, 0.1) is 0 Å². The summed E-state index contributed by atoms with van der Waals surface area (Å²) < 4.78 is 0. The first kappa shape index (κ1) is 15.6. The monoisotopic (exact) mass is 322 g/mol. The maximum atomic E-state index is 13.3. The van der Waals surface area contributed by atoms with Crippen LogP contribution in [0.1, 0.15) is 32.3 Å². The van der Waals surface area contributed by atoms with E-state index in [0.29, 0.717) is 5.92 Å². The van der Waals surface area contributed by atoms with E-state index in [4.69, 9.17) is 0 Å². The van der Waals surface area contributed by atoms with Crippen LogP contribution in [-0.4, -0.2) is 11.4 Å². The number of para-hydroxylation sites is 1. The van der Waals surface area contributed by atoms with E-state index in [2.05, 4.69) is 56.8 Å². The first-order valence-corrected chi connectivity index (χ1v) is 8.74. The van der Waals surface area contributed by atoms with E-state index in [0.717, 1.165) is 24.1 Å². The zero-order chi connectivity index (χ0) is 17.3. The second kappa shape index (κ2) is 4.60. The third-order valence-electron chi connectivity index (χ3n) is 7.21. The molecule has 3 heteroatoms. The average molecular weight is 322 g/mol. The number of carbonyl (C=O) groups is 1. The number of benzene rings is 1. The summed E-state index contributed by atoms with van der Waals surface area (Å²) in [6.07, 6.45) is 4.11. The molecular formula is C21H26N2O. The maximum Gasteiger partial charge on any atom is 0.242 e. The van der Waals surface area contributed by atoms with Crippen LogP contribution in [0.15, 0.2) is 49.1 Å². The van der Waals surface area contributed by atoms with Gasteiger partial charge < -0.3 is 10.6 Å². The van der Waals surface area contributed by atoms with Crippen LogP contribution in [0.4, 0.5) is 5.69 Å². The molecule has 2 fully saturated rings. The van der Waals surface area contributed by atoms with Crippen LogP contribution < -0.4 is 10.6 Å². The van der Waals surface area contributed by atoms with Crippen LogP contribution in [0, 0.1) is 24.3 Å². The predicted octanol–water partition coefficient (Wildman–Crippen LogP) is 2.78. The van der Waals surface area contributed by atoms with Crippen molar-refractivity contribution >= 4 is 11.6 Å². The molecule has 5 unspecified atom stereocenters. The normalized spacial score (nSPS) is 42.2. The van der Waals surface area contributed by atoms with Gasteiger partial charge in [-0.15, -0.1) is 6.58 Å². The van der Waals surface area contributed by atoms with Crippen LogP contribution in [0.25, 0.3) is 0 Å². The summed E-state index contributed by atoms with van der Waals surface area (Å²) in [6.45, 7) is 12.7. The van der Waals surface area contributed by atoms with Crippen molar-refractivity contribution in [3.8, 4) is 0 Å². The number of nitrogens with two attached hydrogens (primary N) is 1. The number of nitrogens with one attached hydrogen (secondary N) is 1. The molecule has 0 saturated heterocycles. The molecule has 2 aliphatic carbocycles. The van der Waals surface area contributed by atoms with Crippen LogP contribution in [0.5, 0.6) is 0 Å². The predicted molar refractivity (Wildman–Crippen MR) is 96.1 cm³/mol. The molecule has 1 aromatic rings. The van der Waals surface area contributed by atoms with Crippen molar-refractivity contribution < 1.29 is 10.1 Å². The molecule has 3 N–H and O–H groups in total. The number of quaternary nitrogens is 1. The second-order valence-corrected chi connectivity index (χ2v) is 7.97. The molecule has 3 aliphatic rings. The topological polar surface area (TPSA) is 45.7 Å². The molecule has 1 amide bonds. The SMILES string of the molecule is C=CC1(C)CCC(C(=C)C)C2C3(C(=O)Nc4ccccc43)C21[NH2+][CH2-]. The summed E-state index contributed by atoms with van der Waals surface area (Å²) in [6, 6.07) is 8.12. The molecule has 1 aromatic carbocycles. The molecule has 0 bridgehead atoms. The molecule has 1 heterocycles. The zero-order valence-electron chi connectivity index (χ0n) is 14.6. The molecule has 0 radical (unpaired) electrons. The molecule has 1 aliphatic heterocycles. The fourth-order valence-electron chi connectivity index (χ4n) is 6.10. The number of rotatable bonds is 3. The van der Waals surface area contributed by atoms with Crippen molar-refractivity contribution in [2.45, 2.75) is 37.6 Å². The lowest BCUT2D eigenvalue weighted by atomic mass is 9.66. The highest BCUT2D eigenvalue weighted by Crippen LogP contribution is 2.77. The van der Waals surface area contributed by atoms with E-state index < -0.39 is 5.41 Å². The van der Waals surface area contributed by atoms with Gasteiger partial charge in [-0.1, -0.05) is 43.4 Å². The van der Waals surface area contributed by atoms with Gasteiger partial charge in [0.1, 0.15) is 11.0 Å². The van der Waals surface area contributed by atoms with Crippen LogP contribution in [-0.2, 0) is 10.2 Å². The first-order valence-electron chi connectivity index (χ1n) is 8.74. The van der Waals surface area contributed by atoms with Gasteiger partial charge in [0.25, 0.3) is 0 Å². The Morgan fingerprint density at radius 2 is 2.17 bits per heavy atom. The van der Waals surface area contributed by atoms with E-state index in [9.17, 15) is 4.79 Å². The summed E-state index contributed by atoms with van der Waals surface area (Å²) in [5.74, 6) is 0.670. The minimum absolute atomic E-state index is 0.120. The quantitative estimate of drug-likeness (QED) is 0.652. The number of anilines is 1. The number of hydrogen-bond acceptors (Lipinski definition) is 1. The third kappa shape index (κ3) is 1.38. The lowest BCUT2D eigenvalue weighted by Crippen LogP contribution is -2.93. The lowest BCUT2D eigenvalue weighted by molar-refractivity contribution is -0.671. The lowest BCUT2D eigenvalue weighted by Gasteiger charge is -2.42. The molecule has 1 spiro atoms. The van der Waals surface area contributed by atoms with Gasteiger partial charge in [-0.3, -0.25) is 4.79 Å². The van der Waals surface area contributed by atoms with Crippen LogP contribution in [0.2, 0.25) is 0 Å². The van der Waals surface area contributed by atoms with Gasteiger partial charge >= 0.3 is 0 Å². The van der Waals surface area contributed by atoms with E-state index >= 15 is 0 Å². The van der Waals surface area contributed by atoms with Gasteiger partial charge in [-0.05, 0) is 37.3 Å². The highest BCUT2D eigenvalue weighted by Gasteiger charge is 2.91. The van der Waals surface area contributed by atoms with Crippen molar-refractivity contribution in [3.05, 3.63) is 61.7 Å². The summed E-state index contributed by atoms with van der Waals surface area (Å²) >= 11 is 0. The number of hydrogen-bond donors (Lipinski definition) is 2. The summed E-state index contributed by atoms with van der Waals surface area (Å²) in [7, 11) is 4.20. The number of fused-ring (bicyclic) bond motifs is 5. The number of carbonyl (C=O) groups excluding carboxylic acids is 1. The van der Waals surface area contributed by atoms with E-state index in [1.807, 2.05) is 18.2 Å². The Morgan fingerprint density at radius 3 is 2.79 bits per heavy atom. The van der Waals surface area contributed by atoms with Gasteiger partial charge in [-0.25, -0.2) is 0 Å². The van der Waals surface area contributed by atoms with E-state index in [1.54, 1.807) is 0 Å².